The van der Waals surface area contributed by atoms with E-state index in [0.29, 0.717) is 11.1 Å². The van der Waals surface area contributed by atoms with E-state index in [1.54, 1.807) is 6.92 Å². The number of hydrogen-bond acceptors (Lipinski definition) is 4. The van der Waals surface area contributed by atoms with Gasteiger partial charge in [0.25, 0.3) is 0 Å². The fourth-order valence-electron chi connectivity index (χ4n) is 1.91. The summed E-state index contributed by atoms with van der Waals surface area (Å²) in [6.45, 7) is 4.92. The van der Waals surface area contributed by atoms with Gasteiger partial charge in [0.2, 0.25) is 10.0 Å². The molecule has 1 aromatic rings. The lowest BCUT2D eigenvalue weighted by atomic mass is 10.1. The van der Waals surface area contributed by atoms with Gasteiger partial charge in [0.1, 0.15) is 5.82 Å². The molecule has 1 aromatic carbocycles. The number of ether oxygens (including phenoxy) is 1. The van der Waals surface area contributed by atoms with Crippen molar-refractivity contribution >= 4 is 16.0 Å². The van der Waals surface area contributed by atoms with Crippen LogP contribution in [0.25, 0.3) is 0 Å². The van der Waals surface area contributed by atoms with Crippen LogP contribution in [0.15, 0.2) is 17.0 Å². The van der Waals surface area contributed by atoms with Crippen LogP contribution in [0.5, 0.6) is 0 Å². The molecule has 0 radical (unpaired) electrons. The number of aryl methyl sites for hydroxylation is 2. The Morgan fingerprint density at radius 1 is 1.30 bits per heavy atom. The normalized spacial score (nSPS) is 11.4. The van der Waals surface area contributed by atoms with Crippen molar-refractivity contribution in [3.05, 3.63) is 29.1 Å². The molecule has 0 spiro atoms. The number of carbonyl (C=O) groups is 1. The lowest BCUT2D eigenvalue weighted by molar-refractivity contribution is -0.142. The van der Waals surface area contributed by atoms with E-state index >= 15 is 0 Å². The Bertz CT molecular complexity index is 575. The summed E-state index contributed by atoms with van der Waals surface area (Å²) >= 11 is 0. The third-order valence-corrected chi connectivity index (χ3v) is 4.39. The maximum atomic E-state index is 13.2. The lowest BCUT2D eigenvalue weighted by Gasteiger charge is -2.12. The number of halogens is 1. The number of hydrogen-bond donors (Lipinski definition) is 1. The zero-order valence-corrected chi connectivity index (χ0v) is 12.5. The van der Waals surface area contributed by atoms with Crippen molar-refractivity contribution in [2.24, 2.45) is 0 Å². The van der Waals surface area contributed by atoms with E-state index in [-0.39, 0.29) is 24.5 Å². The molecule has 0 amide bonds. The molecule has 0 aliphatic heterocycles. The Morgan fingerprint density at radius 2 is 1.85 bits per heavy atom. The van der Waals surface area contributed by atoms with E-state index in [1.165, 1.54) is 13.8 Å². The molecule has 0 fully saturated rings. The SMILES string of the molecule is CCOC(=O)CCNS(=O)(=O)c1c(C)cc(F)cc1C. The highest BCUT2D eigenvalue weighted by atomic mass is 32.2. The molecule has 0 bridgehead atoms. The number of benzene rings is 1. The Balaban J connectivity index is 2.82. The predicted molar refractivity (Wildman–Crippen MR) is 72.3 cm³/mol. The van der Waals surface area contributed by atoms with E-state index in [2.05, 4.69) is 4.72 Å². The van der Waals surface area contributed by atoms with Crippen molar-refractivity contribution in [1.29, 1.82) is 0 Å². The minimum Gasteiger partial charge on any atom is -0.466 e. The maximum absolute atomic E-state index is 13.2. The van der Waals surface area contributed by atoms with E-state index < -0.39 is 21.8 Å². The van der Waals surface area contributed by atoms with Gasteiger partial charge >= 0.3 is 5.97 Å². The smallest absolute Gasteiger partial charge is 0.307 e. The Kier molecular flexibility index (Phi) is 5.64. The first kappa shape index (κ1) is 16.6. The van der Waals surface area contributed by atoms with Crippen LogP contribution in [0.4, 0.5) is 4.39 Å². The summed E-state index contributed by atoms with van der Waals surface area (Å²) in [5.41, 5.74) is 0.650. The summed E-state index contributed by atoms with van der Waals surface area (Å²) in [4.78, 5) is 11.2. The average Bonchev–Trinajstić information content (AvgIpc) is 2.26. The molecule has 0 aromatic heterocycles. The molecular formula is C13H18FNO4S. The Labute approximate surface area is 118 Å². The van der Waals surface area contributed by atoms with Gasteiger partial charge < -0.3 is 4.74 Å². The van der Waals surface area contributed by atoms with Gasteiger partial charge in [-0.05, 0) is 44.0 Å². The molecule has 5 nitrogen and oxygen atoms in total. The lowest BCUT2D eigenvalue weighted by Crippen LogP contribution is -2.28. The standard InChI is InChI=1S/C13H18FNO4S/c1-4-19-12(16)5-6-15-20(17,18)13-9(2)7-11(14)8-10(13)3/h7-8,15H,4-6H2,1-3H3. The zero-order chi connectivity index (χ0) is 15.3. The zero-order valence-electron chi connectivity index (χ0n) is 11.7. The van der Waals surface area contributed by atoms with Crippen LogP contribution in [0.3, 0.4) is 0 Å². The topological polar surface area (TPSA) is 72.5 Å². The molecule has 1 N–H and O–H groups in total. The van der Waals surface area contributed by atoms with Gasteiger partial charge in [-0.1, -0.05) is 0 Å². The monoisotopic (exact) mass is 303 g/mol. The molecule has 0 aliphatic carbocycles. The van der Waals surface area contributed by atoms with E-state index in [1.807, 2.05) is 0 Å². The second-order valence-corrected chi connectivity index (χ2v) is 6.03. The van der Waals surface area contributed by atoms with Gasteiger partial charge in [0.15, 0.2) is 0 Å². The first-order chi connectivity index (χ1) is 9.27. The number of rotatable bonds is 6. The molecule has 20 heavy (non-hydrogen) atoms. The summed E-state index contributed by atoms with van der Waals surface area (Å²) in [5, 5.41) is 0. The molecule has 112 valence electrons. The molecular weight excluding hydrogens is 285 g/mol. The molecule has 7 heteroatoms. The van der Waals surface area contributed by atoms with Gasteiger partial charge in [-0.25, -0.2) is 17.5 Å². The molecule has 0 atom stereocenters. The Morgan fingerprint density at radius 3 is 2.35 bits per heavy atom. The van der Waals surface area contributed by atoms with Crippen LogP contribution < -0.4 is 4.72 Å². The summed E-state index contributed by atoms with van der Waals surface area (Å²) in [7, 11) is -3.77. The van der Waals surface area contributed by atoms with Crippen molar-refractivity contribution in [1.82, 2.24) is 4.72 Å². The average molecular weight is 303 g/mol. The second-order valence-electron chi connectivity index (χ2n) is 4.32. The molecule has 0 heterocycles. The van der Waals surface area contributed by atoms with Crippen molar-refractivity contribution < 1.29 is 22.3 Å². The third kappa shape index (κ3) is 4.28. The summed E-state index contributed by atoms with van der Waals surface area (Å²) in [6.07, 6.45) is -0.0492. The summed E-state index contributed by atoms with van der Waals surface area (Å²) in [6, 6.07) is 2.32. The van der Waals surface area contributed by atoms with Crippen LogP contribution in [-0.4, -0.2) is 27.5 Å². The number of sulfonamides is 1. The number of carbonyl (C=O) groups excluding carboxylic acids is 1. The van der Waals surface area contributed by atoms with Gasteiger partial charge in [0.05, 0.1) is 17.9 Å². The van der Waals surface area contributed by atoms with Crippen LogP contribution in [0.1, 0.15) is 24.5 Å². The quantitative estimate of drug-likeness (QED) is 0.811. The van der Waals surface area contributed by atoms with Crippen LogP contribution >= 0.6 is 0 Å². The van der Waals surface area contributed by atoms with Gasteiger partial charge in [-0.15, -0.1) is 0 Å². The molecule has 0 unspecified atom stereocenters. The molecule has 0 saturated heterocycles. The fourth-order valence-corrected chi connectivity index (χ4v) is 3.39. The largest absolute Gasteiger partial charge is 0.466 e. The van der Waals surface area contributed by atoms with Crippen molar-refractivity contribution in [2.45, 2.75) is 32.1 Å². The minimum atomic E-state index is -3.77. The number of nitrogens with one attached hydrogen (secondary N) is 1. The Hall–Kier alpha value is -1.47. The first-order valence-electron chi connectivity index (χ1n) is 6.20. The molecule has 0 aliphatic rings. The number of esters is 1. The fraction of sp³-hybridized carbons (Fsp3) is 0.462. The van der Waals surface area contributed by atoms with Crippen LogP contribution in [0, 0.1) is 19.7 Å². The predicted octanol–water partition coefficient (Wildman–Crippen LogP) is 1.67. The maximum Gasteiger partial charge on any atom is 0.307 e. The highest BCUT2D eigenvalue weighted by Gasteiger charge is 2.20. The minimum absolute atomic E-state index is 0.0442. The van der Waals surface area contributed by atoms with Crippen LogP contribution in [-0.2, 0) is 19.6 Å². The highest BCUT2D eigenvalue weighted by molar-refractivity contribution is 7.89. The van der Waals surface area contributed by atoms with Gasteiger partial charge in [-0.2, -0.15) is 0 Å². The molecule has 0 saturated carbocycles. The molecule has 1 rings (SSSR count). The summed E-state index contributed by atoms with van der Waals surface area (Å²) in [5.74, 6) is -0.951. The van der Waals surface area contributed by atoms with Crippen molar-refractivity contribution in [2.75, 3.05) is 13.2 Å². The van der Waals surface area contributed by atoms with E-state index in [0.717, 1.165) is 12.1 Å². The second kappa shape index (κ2) is 6.81. The van der Waals surface area contributed by atoms with Gasteiger partial charge in [0, 0.05) is 6.54 Å². The van der Waals surface area contributed by atoms with Crippen molar-refractivity contribution in [3.63, 3.8) is 0 Å². The van der Waals surface area contributed by atoms with E-state index in [4.69, 9.17) is 4.74 Å². The summed E-state index contributed by atoms with van der Waals surface area (Å²) < 4.78 is 44.5. The first-order valence-corrected chi connectivity index (χ1v) is 7.68. The third-order valence-electron chi connectivity index (χ3n) is 2.62. The van der Waals surface area contributed by atoms with Crippen molar-refractivity contribution in [3.8, 4) is 0 Å². The van der Waals surface area contributed by atoms with E-state index in [9.17, 15) is 17.6 Å². The van der Waals surface area contributed by atoms with Gasteiger partial charge in [-0.3, -0.25) is 4.79 Å². The van der Waals surface area contributed by atoms with Crippen LogP contribution in [0.2, 0.25) is 0 Å². The highest BCUT2D eigenvalue weighted by Crippen LogP contribution is 2.21.